The van der Waals surface area contributed by atoms with Gasteiger partial charge in [0.1, 0.15) is 0 Å². The smallest absolute Gasteiger partial charge is 0.241 e. The molecule has 0 saturated carbocycles. The zero-order chi connectivity index (χ0) is 14.6. The Hall–Kier alpha value is -0.610. The lowest BCUT2D eigenvalue weighted by molar-refractivity contribution is -0.133. The summed E-state index contributed by atoms with van der Waals surface area (Å²) in [6.07, 6.45) is 3.24. The lowest BCUT2D eigenvalue weighted by atomic mass is 10.0. The van der Waals surface area contributed by atoms with Crippen LogP contribution in [0.25, 0.3) is 0 Å². The molecule has 1 N–H and O–H groups in total. The fraction of sp³-hybridized carbons (Fsp3) is 0.933. The van der Waals surface area contributed by atoms with Crippen LogP contribution in [0.3, 0.4) is 0 Å². The van der Waals surface area contributed by atoms with Crippen LogP contribution in [0.15, 0.2) is 0 Å². The third kappa shape index (κ3) is 3.93. The normalized spacial score (nSPS) is 25.7. The first kappa shape index (κ1) is 16.4. The quantitative estimate of drug-likeness (QED) is 0.767. The summed E-state index contributed by atoms with van der Waals surface area (Å²) in [5, 5.41) is 3.51. The van der Waals surface area contributed by atoms with Crippen LogP contribution >= 0.6 is 0 Å². The van der Waals surface area contributed by atoms with Gasteiger partial charge < -0.3 is 9.80 Å². The minimum absolute atomic E-state index is 0.0139. The van der Waals surface area contributed by atoms with Crippen molar-refractivity contribution in [2.75, 3.05) is 20.6 Å². The van der Waals surface area contributed by atoms with Gasteiger partial charge in [0.25, 0.3) is 0 Å². The van der Waals surface area contributed by atoms with E-state index in [9.17, 15) is 4.79 Å². The molecule has 19 heavy (non-hydrogen) atoms. The van der Waals surface area contributed by atoms with E-state index >= 15 is 0 Å². The van der Waals surface area contributed by atoms with Gasteiger partial charge in [-0.15, -0.1) is 0 Å². The van der Waals surface area contributed by atoms with Crippen LogP contribution in [0.1, 0.15) is 47.0 Å². The molecular formula is C15H31N3O. The molecule has 1 heterocycles. The fourth-order valence-electron chi connectivity index (χ4n) is 2.89. The van der Waals surface area contributed by atoms with Crippen molar-refractivity contribution in [1.82, 2.24) is 15.1 Å². The van der Waals surface area contributed by atoms with E-state index in [2.05, 4.69) is 56.9 Å². The van der Waals surface area contributed by atoms with Gasteiger partial charge >= 0.3 is 0 Å². The van der Waals surface area contributed by atoms with Crippen LogP contribution in [0.2, 0.25) is 0 Å². The predicted octanol–water partition coefficient (Wildman–Crippen LogP) is 1.91. The number of rotatable bonds is 7. The molecule has 1 aliphatic heterocycles. The molecule has 4 heteroatoms. The Balaban J connectivity index is 2.92. The lowest BCUT2D eigenvalue weighted by Gasteiger charge is -2.37. The number of carbonyl (C=O) groups is 1. The van der Waals surface area contributed by atoms with E-state index in [-0.39, 0.29) is 12.2 Å². The molecule has 0 aromatic rings. The van der Waals surface area contributed by atoms with Crippen molar-refractivity contribution < 1.29 is 4.79 Å². The number of carbonyl (C=O) groups excluding carboxylic acids is 1. The zero-order valence-corrected chi connectivity index (χ0v) is 13.4. The highest BCUT2D eigenvalue weighted by Gasteiger charge is 2.41. The van der Waals surface area contributed by atoms with E-state index in [1.54, 1.807) is 0 Å². The topological polar surface area (TPSA) is 35.6 Å². The molecular weight excluding hydrogens is 238 g/mol. The Kier molecular flexibility index (Phi) is 6.27. The van der Waals surface area contributed by atoms with Crippen molar-refractivity contribution in [3.8, 4) is 0 Å². The summed E-state index contributed by atoms with van der Waals surface area (Å²) in [7, 11) is 4.16. The minimum Gasteiger partial charge on any atom is -0.321 e. The number of nitrogens with zero attached hydrogens (tertiary/aromatic N) is 2. The molecule has 0 aromatic heterocycles. The molecule has 1 rings (SSSR count). The summed E-state index contributed by atoms with van der Waals surface area (Å²) in [6.45, 7) is 9.62. The Morgan fingerprint density at radius 1 is 1.32 bits per heavy atom. The van der Waals surface area contributed by atoms with Gasteiger partial charge in [-0.3, -0.25) is 10.1 Å². The predicted molar refractivity (Wildman–Crippen MR) is 79.9 cm³/mol. The van der Waals surface area contributed by atoms with Gasteiger partial charge in [0.15, 0.2) is 0 Å². The maximum Gasteiger partial charge on any atom is 0.241 e. The molecule has 4 nitrogen and oxygen atoms in total. The number of hydrogen-bond donors (Lipinski definition) is 1. The molecule has 0 aromatic carbocycles. The van der Waals surface area contributed by atoms with Crippen molar-refractivity contribution >= 4 is 5.91 Å². The molecule has 1 aliphatic rings. The first-order valence-electron chi connectivity index (χ1n) is 7.65. The maximum absolute atomic E-state index is 12.6. The second kappa shape index (κ2) is 7.25. The van der Waals surface area contributed by atoms with Crippen LogP contribution in [0, 0.1) is 5.92 Å². The van der Waals surface area contributed by atoms with Gasteiger partial charge in [-0.1, -0.05) is 34.1 Å². The van der Waals surface area contributed by atoms with E-state index < -0.39 is 0 Å². The van der Waals surface area contributed by atoms with Crippen LogP contribution in [0.4, 0.5) is 0 Å². The molecule has 1 fully saturated rings. The van der Waals surface area contributed by atoms with Crippen LogP contribution < -0.4 is 5.32 Å². The standard InChI is InChI=1S/C15H31N3O/c1-7-9-14-16-12(8-2)15(19)18(14)13(11(3)4)10-17(5)6/h11-14,16H,7-10H2,1-6H3. The van der Waals surface area contributed by atoms with E-state index in [0.717, 1.165) is 25.8 Å². The van der Waals surface area contributed by atoms with Gasteiger partial charge in [-0.05, 0) is 32.9 Å². The SMILES string of the molecule is CCCC1NC(CC)C(=O)N1C(CN(C)C)C(C)C. The zero-order valence-electron chi connectivity index (χ0n) is 13.4. The molecule has 0 radical (unpaired) electrons. The molecule has 1 amide bonds. The first-order valence-corrected chi connectivity index (χ1v) is 7.65. The Morgan fingerprint density at radius 2 is 1.95 bits per heavy atom. The molecule has 0 bridgehead atoms. The van der Waals surface area contributed by atoms with Crippen molar-refractivity contribution in [2.24, 2.45) is 5.92 Å². The number of likely N-dealkylation sites (N-methyl/N-ethyl adjacent to an activating group) is 1. The summed E-state index contributed by atoms with van der Waals surface area (Å²) in [5.41, 5.74) is 0. The van der Waals surface area contributed by atoms with Crippen molar-refractivity contribution in [3.05, 3.63) is 0 Å². The number of hydrogen-bond acceptors (Lipinski definition) is 3. The van der Waals surface area contributed by atoms with Crippen molar-refractivity contribution in [3.63, 3.8) is 0 Å². The second-order valence-electron chi connectivity index (χ2n) is 6.25. The number of nitrogens with one attached hydrogen (secondary N) is 1. The summed E-state index contributed by atoms with van der Waals surface area (Å²) >= 11 is 0. The van der Waals surface area contributed by atoms with E-state index in [1.165, 1.54) is 0 Å². The summed E-state index contributed by atoms with van der Waals surface area (Å²) in [4.78, 5) is 16.9. The van der Waals surface area contributed by atoms with Crippen LogP contribution in [-0.2, 0) is 4.79 Å². The molecule has 1 saturated heterocycles. The molecule has 0 spiro atoms. The van der Waals surface area contributed by atoms with Gasteiger partial charge in [-0.2, -0.15) is 0 Å². The molecule has 3 atom stereocenters. The second-order valence-corrected chi connectivity index (χ2v) is 6.25. The van der Waals surface area contributed by atoms with E-state index in [4.69, 9.17) is 0 Å². The van der Waals surface area contributed by atoms with Gasteiger partial charge in [0, 0.05) is 12.6 Å². The van der Waals surface area contributed by atoms with E-state index in [1.807, 2.05) is 0 Å². The third-order valence-electron chi connectivity index (χ3n) is 3.93. The van der Waals surface area contributed by atoms with Gasteiger partial charge in [0.2, 0.25) is 5.91 Å². The first-order chi connectivity index (χ1) is 8.92. The summed E-state index contributed by atoms with van der Waals surface area (Å²) in [6, 6.07) is 0.308. The Labute approximate surface area is 118 Å². The van der Waals surface area contributed by atoms with Crippen LogP contribution in [0.5, 0.6) is 0 Å². The highest BCUT2D eigenvalue weighted by atomic mass is 16.2. The fourth-order valence-corrected chi connectivity index (χ4v) is 2.89. The largest absolute Gasteiger partial charge is 0.321 e. The lowest BCUT2D eigenvalue weighted by Crippen LogP contribution is -2.51. The maximum atomic E-state index is 12.6. The Bertz CT molecular complexity index is 291. The third-order valence-corrected chi connectivity index (χ3v) is 3.93. The molecule has 3 unspecified atom stereocenters. The summed E-state index contributed by atoms with van der Waals surface area (Å²) in [5.74, 6) is 0.768. The number of amides is 1. The highest BCUT2D eigenvalue weighted by molar-refractivity contribution is 5.84. The average molecular weight is 269 g/mol. The monoisotopic (exact) mass is 269 g/mol. The Morgan fingerprint density at radius 3 is 2.37 bits per heavy atom. The van der Waals surface area contributed by atoms with Crippen molar-refractivity contribution in [2.45, 2.75) is 65.2 Å². The van der Waals surface area contributed by atoms with E-state index in [0.29, 0.717) is 17.9 Å². The molecule has 0 aliphatic carbocycles. The minimum atomic E-state index is 0.0139. The highest BCUT2D eigenvalue weighted by Crippen LogP contribution is 2.24. The summed E-state index contributed by atoms with van der Waals surface area (Å²) < 4.78 is 0. The molecule has 112 valence electrons. The average Bonchev–Trinajstić information content (AvgIpc) is 2.63. The van der Waals surface area contributed by atoms with Crippen molar-refractivity contribution in [1.29, 1.82) is 0 Å². The van der Waals surface area contributed by atoms with Gasteiger partial charge in [-0.25, -0.2) is 0 Å². The van der Waals surface area contributed by atoms with Crippen LogP contribution in [-0.4, -0.2) is 54.6 Å². The van der Waals surface area contributed by atoms with Gasteiger partial charge in [0.05, 0.1) is 12.2 Å².